The first kappa shape index (κ1) is 9.05. The smallest absolute Gasteiger partial charge is 0.0622 e. The maximum Gasteiger partial charge on any atom is 0.0622 e. The van der Waals surface area contributed by atoms with Crippen LogP contribution in [-0.4, -0.2) is 0 Å². The molecule has 0 bridgehead atoms. The van der Waals surface area contributed by atoms with Crippen molar-refractivity contribution in [1.82, 2.24) is 0 Å². The van der Waals surface area contributed by atoms with Crippen LogP contribution in [0.4, 0.5) is 0 Å². The van der Waals surface area contributed by atoms with E-state index in [0.29, 0.717) is 6.05 Å². The molecule has 0 fully saturated rings. The highest BCUT2D eigenvalue weighted by atomic mass is 13.9. The van der Waals surface area contributed by atoms with Crippen LogP contribution in [0, 0.1) is 0 Å². The third-order valence-electron chi connectivity index (χ3n) is 1.94. The van der Waals surface area contributed by atoms with E-state index in [1.807, 2.05) is 0 Å². The zero-order valence-electron chi connectivity index (χ0n) is 11.1. The summed E-state index contributed by atoms with van der Waals surface area (Å²) in [6, 6.07) is 0.472. The lowest BCUT2D eigenvalue weighted by molar-refractivity contribution is 0.719. The van der Waals surface area contributed by atoms with Crippen LogP contribution < -0.4 is 0 Å². The Bertz CT molecular complexity index is 207. The molecule has 0 heteroatoms. The first-order valence-electron chi connectivity index (χ1n) is 6.48. The number of hydrogen-bond donors (Lipinski definition) is 0. The van der Waals surface area contributed by atoms with Gasteiger partial charge in [-0.1, -0.05) is 63.8 Å². The van der Waals surface area contributed by atoms with Crippen LogP contribution in [0.1, 0.15) is 61.5 Å². The van der Waals surface area contributed by atoms with E-state index in [9.17, 15) is 0 Å². The van der Waals surface area contributed by atoms with E-state index in [2.05, 4.69) is 20.4 Å². The van der Waals surface area contributed by atoms with Crippen molar-refractivity contribution in [3.8, 4) is 0 Å². The Morgan fingerprint density at radius 3 is 2.62 bits per heavy atom. The van der Waals surface area contributed by atoms with Gasteiger partial charge in [0.2, 0.25) is 0 Å². The first-order chi connectivity index (χ1) is 7.11. The van der Waals surface area contributed by atoms with Crippen LogP contribution in [0.2, 0.25) is 0 Å². The zero-order valence-corrected chi connectivity index (χ0v) is 9.10. The normalized spacial score (nSPS) is 16.3. The molecule has 0 aliphatic carbocycles. The first-order valence-corrected chi connectivity index (χ1v) is 5.40. The number of unbranched alkanes of at least 4 members (excludes halogenated alkanes) is 2. The van der Waals surface area contributed by atoms with Crippen molar-refractivity contribution in [3.63, 3.8) is 0 Å². The Labute approximate surface area is 86.5 Å². The lowest BCUT2D eigenvalue weighted by Crippen LogP contribution is -1.78. The minimum absolute atomic E-state index is 0.231. The molecule has 0 saturated carbocycles. The molecule has 1 atom stereocenters. The summed E-state index contributed by atoms with van der Waals surface area (Å²) in [4.78, 5) is 0. The fourth-order valence-corrected chi connectivity index (χ4v) is 1.09. The highest BCUT2D eigenvalue weighted by Crippen LogP contribution is 2.08. The maximum atomic E-state index is 7.76. The average Bonchev–Trinajstić information content (AvgIpc) is 2.18. The van der Waals surface area contributed by atoms with Gasteiger partial charge in [-0.25, -0.2) is 0 Å². The largest absolute Gasteiger partial charge is 0.0958 e. The van der Waals surface area contributed by atoms with Gasteiger partial charge in [0.05, 0.1) is 1.37 Å². The number of allylic oxidation sites excluding steroid dienone is 3. The van der Waals surface area contributed by atoms with E-state index >= 15 is 0 Å². The minimum atomic E-state index is -0.231. The van der Waals surface area contributed by atoms with Crippen LogP contribution in [-0.2, 0) is 0 Å². The van der Waals surface area contributed by atoms with Gasteiger partial charge in [0, 0.05) is 1.37 Å². The minimum Gasteiger partial charge on any atom is -0.0958 e. The van der Waals surface area contributed by atoms with Gasteiger partial charge in [-0.15, -0.1) is 0 Å². The summed E-state index contributed by atoms with van der Waals surface area (Å²) in [5.41, 5.74) is 0.886. The quantitative estimate of drug-likeness (QED) is 0.371. The topological polar surface area (TPSA) is 0 Å². The van der Waals surface area contributed by atoms with Gasteiger partial charge in [0.25, 0.3) is 0 Å². The van der Waals surface area contributed by atoms with E-state index < -0.39 is 0 Å². The molecule has 0 spiro atoms. The van der Waals surface area contributed by atoms with E-state index in [1.54, 1.807) is 6.08 Å². The van der Waals surface area contributed by atoms with E-state index in [1.165, 1.54) is 12.8 Å². The zero-order chi connectivity index (χ0) is 11.7. The van der Waals surface area contributed by atoms with Gasteiger partial charge in [0.1, 0.15) is 0 Å². The standard InChI is InChI=1S/C13H24/c1-4-6-8-10-12-13(3)11-9-7-5-2/h10,12H,3-9,11H2,1-2H3/b12-10+/i8D,12D. The lowest BCUT2D eigenvalue weighted by atomic mass is 10.1. The Hall–Kier alpha value is -0.520. The third-order valence-corrected chi connectivity index (χ3v) is 1.94. The predicted octanol–water partition coefficient (Wildman–Crippen LogP) is 4.87. The second-order valence-corrected chi connectivity index (χ2v) is 3.40. The van der Waals surface area contributed by atoms with Crippen molar-refractivity contribution in [1.29, 1.82) is 0 Å². The fraction of sp³-hybridized carbons (Fsp3) is 0.692. The van der Waals surface area contributed by atoms with Crippen LogP contribution in [0.15, 0.2) is 24.3 Å². The predicted molar refractivity (Wildman–Crippen MR) is 61.9 cm³/mol. The third kappa shape index (κ3) is 9.39. The van der Waals surface area contributed by atoms with Crippen LogP contribution in [0.25, 0.3) is 0 Å². The van der Waals surface area contributed by atoms with Crippen molar-refractivity contribution in [2.24, 2.45) is 0 Å². The number of hydrogen-bond acceptors (Lipinski definition) is 0. The van der Waals surface area contributed by atoms with Crippen molar-refractivity contribution in [3.05, 3.63) is 24.3 Å². The second-order valence-electron chi connectivity index (χ2n) is 3.40. The molecule has 0 radical (unpaired) electrons. The van der Waals surface area contributed by atoms with E-state index in [-0.39, 0.29) is 6.40 Å². The molecule has 0 heterocycles. The highest BCUT2D eigenvalue weighted by Gasteiger charge is 1.88. The molecule has 13 heavy (non-hydrogen) atoms. The average molecular weight is 182 g/mol. The van der Waals surface area contributed by atoms with Crippen molar-refractivity contribution in [2.75, 3.05) is 0 Å². The summed E-state index contributed by atoms with van der Waals surface area (Å²) in [7, 11) is 0. The van der Waals surface area contributed by atoms with Crippen LogP contribution in [0.3, 0.4) is 0 Å². The summed E-state index contributed by atoms with van der Waals surface area (Å²) < 4.78 is 15.4. The molecule has 1 unspecified atom stereocenters. The molecule has 0 aromatic heterocycles. The van der Waals surface area contributed by atoms with E-state index in [4.69, 9.17) is 2.74 Å². The second kappa shape index (κ2) is 9.57. The van der Waals surface area contributed by atoms with E-state index in [0.717, 1.165) is 31.3 Å². The summed E-state index contributed by atoms with van der Waals surface area (Å²) in [5.74, 6) is 0. The summed E-state index contributed by atoms with van der Waals surface area (Å²) >= 11 is 0. The summed E-state index contributed by atoms with van der Waals surface area (Å²) in [5, 5.41) is 0. The van der Waals surface area contributed by atoms with Crippen molar-refractivity contribution < 1.29 is 2.74 Å². The van der Waals surface area contributed by atoms with Gasteiger partial charge in [-0.3, -0.25) is 0 Å². The van der Waals surface area contributed by atoms with Gasteiger partial charge in [-0.2, -0.15) is 0 Å². The molecule has 0 aromatic carbocycles. The molecule has 0 saturated heterocycles. The molecule has 0 amide bonds. The van der Waals surface area contributed by atoms with Crippen LogP contribution in [0.5, 0.6) is 0 Å². The Kier molecular flexibility index (Phi) is 6.66. The molecular weight excluding hydrogens is 156 g/mol. The van der Waals surface area contributed by atoms with Crippen molar-refractivity contribution in [2.45, 2.75) is 58.8 Å². The summed E-state index contributed by atoms with van der Waals surface area (Å²) in [6.45, 7) is 8.13. The molecule has 0 nitrogen and oxygen atoms in total. The van der Waals surface area contributed by atoms with Gasteiger partial charge in [-0.05, 0) is 19.2 Å². The number of rotatable bonds is 8. The monoisotopic (exact) mass is 182 g/mol. The Morgan fingerprint density at radius 2 is 2.00 bits per heavy atom. The molecule has 0 aliphatic heterocycles. The Morgan fingerprint density at radius 1 is 1.31 bits per heavy atom. The van der Waals surface area contributed by atoms with Crippen LogP contribution >= 0.6 is 0 Å². The maximum absolute atomic E-state index is 7.76. The molecule has 0 aromatic rings. The molecule has 0 rings (SSSR count). The van der Waals surface area contributed by atoms with Crippen molar-refractivity contribution >= 4 is 0 Å². The fourth-order valence-electron chi connectivity index (χ4n) is 1.09. The van der Waals surface area contributed by atoms with Gasteiger partial charge >= 0.3 is 0 Å². The summed E-state index contributed by atoms with van der Waals surface area (Å²) in [6.07, 6.45) is 7.74. The lowest BCUT2D eigenvalue weighted by Gasteiger charge is -1.98. The van der Waals surface area contributed by atoms with Gasteiger partial charge in [0.15, 0.2) is 0 Å². The SMILES string of the molecule is [2H]/C(=C\C([2H])CCC)C(=C)CCCCC. The van der Waals surface area contributed by atoms with Gasteiger partial charge < -0.3 is 0 Å². The molecular formula is C13H24. The highest BCUT2D eigenvalue weighted by molar-refractivity contribution is 5.13. The molecule has 0 aliphatic rings. The Balaban J connectivity index is 3.95. The molecule has 76 valence electrons. The molecule has 0 N–H and O–H groups in total.